The monoisotopic (exact) mass is 392 g/mol. The standard InChI is InChI=1S/C14H13ClN2O5S.ClH/c15-14(13(19)20)7-16-11(18)6-12(16)23-10(14)5-8-1-3-9(4-2-8)17(21)22;/h1-4,10,12H,5-7H2,(H,19,20);1H/t10?,12-,14?;/m1./s1. The van der Waals surface area contributed by atoms with Crippen molar-refractivity contribution in [1.29, 1.82) is 0 Å². The number of nitro benzene ring substituents is 1. The highest BCUT2D eigenvalue weighted by atomic mass is 35.5. The molecule has 2 heterocycles. The number of amides is 1. The highest BCUT2D eigenvalue weighted by Crippen LogP contribution is 2.46. The Kier molecular flexibility index (Phi) is 5.31. The quantitative estimate of drug-likeness (QED) is 0.365. The highest BCUT2D eigenvalue weighted by Gasteiger charge is 2.56. The van der Waals surface area contributed by atoms with Crippen LogP contribution in [-0.2, 0) is 16.0 Å². The largest absolute Gasteiger partial charge is 0.480 e. The second kappa shape index (κ2) is 6.78. The molecular formula is C14H14Cl2N2O5S. The van der Waals surface area contributed by atoms with Crippen LogP contribution in [0.3, 0.4) is 0 Å². The van der Waals surface area contributed by atoms with Crippen LogP contribution in [0.2, 0.25) is 0 Å². The van der Waals surface area contributed by atoms with Gasteiger partial charge in [0.15, 0.2) is 4.87 Å². The maximum absolute atomic E-state index is 11.6. The smallest absolute Gasteiger partial charge is 0.327 e. The van der Waals surface area contributed by atoms with Gasteiger partial charge in [0.05, 0.1) is 23.3 Å². The van der Waals surface area contributed by atoms with E-state index in [9.17, 15) is 24.8 Å². The predicted molar refractivity (Wildman–Crippen MR) is 91.8 cm³/mol. The minimum absolute atomic E-state index is 0. The van der Waals surface area contributed by atoms with Gasteiger partial charge in [-0.1, -0.05) is 12.1 Å². The average Bonchev–Trinajstić information content (AvgIpc) is 2.50. The number of non-ortho nitro benzene ring substituents is 1. The number of carboxylic acid groups (broad SMARTS) is 1. The van der Waals surface area contributed by atoms with Crippen molar-refractivity contribution >= 4 is 53.3 Å². The number of aliphatic carboxylic acids is 1. The number of hydrogen-bond acceptors (Lipinski definition) is 5. The number of hydrogen-bond donors (Lipinski definition) is 1. The third kappa shape index (κ3) is 3.18. The SMILES string of the molecule is Cl.O=C1C[C@H]2SC(Cc3ccc([N+](=O)[O-])cc3)C(Cl)(C(=O)O)CN12. The molecule has 1 aromatic rings. The molecule has 1 N–H and O–H groups in total. The number of carboxylic acids is 1. The van der Waals surface area contributed by atoms with E-state index in [0.717, 1.165) is 5.56 Å². The molecule has 2 aliphatic rings. The Morgan fingerprint density at radius 3 is 2.58 bits per heavy atom. The zero-order valence-electron chi connectivity index (χ0n) is 12.3. The molecule has 0 radical (unpaired) electrons. The van der Waals surface area contributed by atoms with Crippen molar-refractivity contribution in [1.82, 2.24) is 4.90 Å². The number of carbonyl (C=O) groups excluding carboxylic acids is 1. The summed E-state index contributed by atoms with van der Waals surface area (Å²) in [7, 11) is 0. The molecule has 0 spiro atoms. The number of rotatable bonds is 4. The molecular weight excluding hydrogens is 379 g/mol. The van der Waals surface area contributed by atoms with Crippen LogP contribution in [0.25, 0.3) is 0 Å². The number of β-lactam (4-membered cyclic amide) rings is 1. The Morgan fingerprint density at radius 1 is 1.46 bits per heavy atom. The fourth-order valence-corrected chi connectivity index (χ4v) is 4.76. The summed E-state index contributed by atoms with van der Waals surface area (Å²) in [6.07, 6.45) is 0.769. The van der Waals surface area contributed by atoms with Gasteiger partial charge in [0, 0.05) is 17.4 Å². The Morgan fingerprint density at radius 2 is 2.08 bits per heavy atom. The van der Waals surface area contributed by atoms with E-state index in [4.69, 9.17) is 11.6 Å². The van der Waals surface area contributed by atoms with E-state index in [1.807, 2.05) is 0 Å². The molecule has 10 heteroatoms. The summed E-state index contributed by atoms with van der Waals surface area (Å²) >= 11 is 7.73. The first kappa shape index (κ1) is 18.8. The Bertz CT molecular complexity index is 686. The van der Waals surface area contributed by atoms with Crippen molar-refractivity contribution in [3.63, 3.8) is 0 Å². The number of nitrogens with zero attached hydrogens (tertiary/aromatic N) is 2. The summed E-state index contributed by atoms with van der Waals surface area (Å²) < 4.78 is 0. The van der Waals surface area contributed by atoms with E-state index in [1.54, 1.807) is 12.1 Å². The van der Waals surface area contributed by atoms with Crippen LogP contribution in [0, 0.1) is 10.1 Å². The first-order valence-electron chi connectivity index (χ1n) is 6.92. The van der Waals surface area contributed by atoms with Crippen LogP contribution in [0.4, 0.5) is 5.69 Å². The lowest BCUT2D eigenvalue weighted by Gasteiger charge is -2.51. The highest BCUT2D eigenvalue weighted by molar-refractivity contribution is 8.00. The molecule has 0 saturated carbocycles. The van der Waals surface area contributed by atoms with Crippen LogP contribution in [0.1, 0.15) is 12.0 Å². The second-order valence-corrected chi connectivity index (χ2v) is 7.66. The number of halogens is 2. The minimum Gasteiger partial charge on any atom is -0.480 e. The van der Waals surface area contributed by atoms with Crippen LogP contribution >= 0.6 is 35.8 Å². The van der Waals surface area contributed by atoms with Crippen LogP contribution < -0.4 is 0 Å². The molecule has 130 valence electrons. The van der Waals surface area contributed by atoms with Gasteiger partial charge >= 0.3 is 5.97 Å². The van der Waals surface area contributed by atoms with Gasteiger partial charge in [-0.15, -0.1) is 35.8 Å². The zero-order chi connectivity index (χ0) is 16.8. The lowest BCUT2D eigenvalue weighted by molar-refractivity contribution is -0.384. The third-order valence-electron chi connectivity index (χ3n) is 4.17. The van der Waals surface area contributed by atoms with E-state index in [0.29, 0.717) is 12.8 Å². The van der Waals surface area contributed by atoms with Gasteiger partial charge in [-0.05, 0) is 12.0 Å². The number of fused-ring (bicyclic) bond motifs is 1. The number of benzene rings is 1. The van der Waals surface area contributed by atoms with Crippen LogP contribution in [-0.4, -0.2) is 48.8 Å². The van der Waals surface area contributed by atoms with Crippen molar-refractivity contribution in [3.05, 3.63) is 39.9 Å². The summed E-state index contributed by atoms with van der Waals surface area (Å²) in [5, 5.41) is 19.7. The van der Waals surface area contributed by atoms with Gasteiger partial charge in [0.2, 0.25) is 5.91 Å². The normalized spacial score (nSPS) is 28.4. The van der Waals surface area contributed by atoms with E-state index in [2.05, 4.69) is 0 Å². The van der Waals surface area contributed by atoms with Gasteiger partial charge in [0.1, 0.15) is 0 Å². The molecule has 1 aromatic carbocycles. The molecule has 2 aliphatic heterocycles. The lowest BCUT2D eigenvalue weighted by atomic mass is 9.95. The second-order valence-electron chi connectivity index (χ2n) is 5.60. The summed E-state index contributed by atoms with van der Waals surface area (Å²) in [6.45, 7) is -0.0158. The van der Waals surface area contributed by atoms with Gasteiger partial charge in [-0.2, -0.15) is 0 Å². The molecule has 2 unspecified atom stereocenters. The van der Waals surface area contributed by atoms with E-state index < -0.39 is 21.0 Å². The maximum atomic E-state index is 11.6. The van der Waals surface area contributed by atoms with Crippen molar-refractivity contribution in [2.45, 2.75) is 28.3 Å². The fraction of sp³-hybridized carbons (Fsp3) is 0.429. The van der Waals surface area contributed by atoms with Gasteiger partial charge in [-0.25, -0.2) is 0 Å². The van der Waals surface area contributed by atoms with Crippen LogP contribution in [0.5, 0.6) is 0 Å². The van der Waals surface area contributed by atoms with Crippen molar-refractivity contribution in [2.24, 2.45) is 0 Å². The molecule has 0 aliphatic carbocycles. The van der Waals surface area contributed by atoms with E-state index in [1.165, 1.54) is 28.8 Å². The number of nitro groups is 1. The number of carbonyl (C=O) groups is 2. The molecule has 2 saturated heterocycles. The maximum Gasteiger partial charge on any atom is 0.327 e. The molecule has 3 atom stereocenters. The lowest BCUT2D eigenvalue weighted by Crippen LogP contribution is -2.65. The summed E-state index contributed by atoms with van der Waals surface area (Å²) in [4.78, 5) is 33.3. The van der Waals surface area contributed by atoms with Crippen LogP contribution in [0.15, 0.2) is 24.3 Å². The van der Waals surface area contributed by atoms with E-state index in [-0.39, 0.29) is 35.9 Å². The molecule has 24 heavy (non-hydrogen) atoms. The average molecular weight is 393 g/mol. The zero-order valence-corrected chi connectivity index (χ0v) is 14.6. The molecule has 1 amide bonds. The van der Waals surface area contributed by atoms with E-state index >= 15 is 0 Å². The summed E-state index contributed by atoms with van der Waals surface area (Å²) in [6, 6.07) is 5.99. The molecule has 0 bridgehead atoms. The Hall–Kier alpha value is -1.51. The van der Waals surface area contributed by atoms with Gasteiger partial charge in [-0.3, -0.25) is 19.7 Å². The molecule has 7 nitrogen and oxygen atoms in total. The third-order valence-corrected chi connectivity index (χ3v) is 6.48. The summed E-state index contributed by atoms with van der Waals surface area (Å²) in [5.41, 5.74) is 0.759. The molecule has 3 rings (SSSR count). The van der Waals surface area contributed by atoms with Crippen molar-refractivity contribution in [2.75, 3.05) is 6.54 Å². The molecule has 2 fully saturated rings. The van der Waals surface area contributed by atoms with Crippen molar-refractivity contribution in [3.8, 4) is 0 Å². The fourth-order valence-electron chi connectivity index (χ4n) is 2.77. The van der Waals surface area contributed by atoms with Gasteiger partial charge in [0.25, 0.3) is 5.69 Å². The number of thioether (sulfide) groups is 1. The van der Waals surface area contributed by atoms with Gasteiger partial charge < -0.3 is 10.0 Å². The number of alkyl halides is 1. The molecule has 0 aromatic heterocycles. The Balaban J connectivity index is 0.00000208. The predicted octanol–water partition coefficient (Wildman–Crippen LogP) is 2.30. The topological polar surface area (TPSA) is 101 Å². The Labute approximate surface area is 152 Å². The first-order valence-corrected chi connectivity index (χ1v) is 8.24. The van der Waals surface area contributed by atoms with Crippen molar-refractivity contribution < 1.29 is 19.6 Å². The summed E-state index contributed by atoms with van der Waals surface area (Å²) in [5.74, 6) is -1.24. The minimum atomic E-state index is -1.56. The first-order chi connectivity index (χ1) is 10.8.